The number of nitrogens with one attached hydrogen (secondary N) is 1. The molecule has 5 atom stereocenters. The standard InChI is InChI=1S/C50H58N4O6Si/c1-32(2)13-12-14-33(3)25-26-52-44-24-19-37(54-48(57)41-17-10-11-18-43(41)51-54)28-42(44)50(49(52)58)34(4)47(61(6,7)40-22-20-39(59-5)21-23-40)45(60-50)29-46(56)53-30-36-16-9-8-15-35(36)27-38(53)31-55/h8-11,13,15-25,28,34,38,45,47,51,55H,12,14,26-27,29-31H2,1-7H3/b33-25+/t34-,38-,45+,47-,50+/m0/s1. The number of nitrogens with zero attached hydrogens (tertiary/aromatic N) is 3. The average Bonchev–Trinajstić information content (AvgIpc) is 3.84. The van der Waals surface area contributed by atoms with Gasteiger partial charge in [-0.15, -0.1) is 0 Å². The first-order valence-electron chi connectivity index (χ1n) is 21.5. The van der Waals surface area contributed by atoms with Gasteiger partial charge in [0.05, 0.1) is 62.6 Å². The molecule has 3 aliphatic rings. The molecular formula is C50H58N4O6Si. The van der Waals surface area contributed by atoms with Crippen LogP contribution in [0.4, 0.5) is 5.69 Å². The lowest BCUT2D eigenvalue weighted by atomic mass is 9.82. The highest BCUT2D eigenvalue weighted by atomic mass is 28.3. The fourth-order valence-electron chi connectivity index (χ4n) is 10.3. The van der Waals surface area contributed by atoms with Crippen LogP contribution in [0.5, 0.6) is 5.75 Å². The van der Waals surface area contributed by atoms with Gasteiger partial charge in [-0.25, -0.2) is 4.68 Å². The highest BCUT2D eigenvalue weighted by Crippen LogP contribution is 2.60. The zero-order chi connectivity index (χ0) is 43.2. The molecule has 0 radical (unpaired) electrons. The van der Waals surface area contributed by atoms with E-state index in [2.05, 4.69) is 76.2 Å². The Morgan fingerprint density at radius 1 is 0.967 bits per heavy atom. The Morgan fingerprint density at radius 2 is 1.69 bits per heavy atom. The molecule has 2 N–H and O–H groups in total. The van der Waals surface area contributed by atoms with E-state index in [1.54, 1.807) is 18.1 Å². The van der Waals surface area contributed by atoms with Gasteiger partial charge in [-0.1, -0.05) is 97.0 Å². The van der Waals surface area contributed by atoms with Crippen LogP contribution < -0.4 is 20.4 Å². The van der Waals surface area contributed by atoms with Crippen molar-refractivity contribution in [3.63, 3.8) is 0 Å². The zero-order valence-corrected chi connectivity index (χ0v) is 37.4. The van der Waals surface area contributed by atoms with Gasteiger partial charge in [0.1, 0.15) is 5.75 Å². The van der Waals surface area contributed by atoms with Crippen molar-refractivity contribution in [2.75, 3.05) is 25.2 Å². The minimum absolute atomic E-state index is 0.0508. The Labute approximate surface area is 359 Å². The van der Waals surface area contributed by atoms with E-state index in [-0.39, 0.29) is 47.9 Å². The second-order valence-electron chi connectivity index (χ2n) is 18.0. The third kappa shape index (κ3) is 7.50. The Morgan fingerprint density at radius 3 is 2.39 bits per heavy atom. The molecule has 0 unspecified atom stereocenters. The van der Waals surface area contributed by atoms with Gasteiger partial charge in [-0.2, -0.15) is 0 Å². The first-order chi connectivity index (χ1) is 29.3. The molecule has 0 saturated carbocycles. The molecule has 5 aromatic rings. The maximum Gasteiger partial charge on any atom is 0.279 e. The van der Waals surface area contributed by atoms with Gasteiger partial charge >= 0.3 is 0 Å². The maximum atomic E-state index is 15.6. The van der Waals surface area contributed by atoms with Gasteiger partial charge in [0.25, 0.3) is 11.5 Å². The van der Waals surface area contributed by atoms with Crippen LogP contribution in [0, 0.1) is 5.92 Å². The lowest BCUT2D eigenvalue weighted by Crippen LogP contribution is -2.52. The molecule has 1 fully saturated rings. The van der Waals surface area contributed by atoms with Crippen LogP contribution in [-0.4, -0.2) is 72.1 Å². The van der Waals surface area contributed by atoms with E-state index in [1.165, 1.54) is 21.0 Å². The summed E-state index contributed by atoms with van der Waals surface area (Å²) in [6.45, 7) is 13.6. The molecule has 10 nitrogen and oxygen atoms in total. The normalized spacial score (nSPS) is 22.5. The number of hydrogen-bond acceptors (Lipinski definition) is 6. The minimum Gasteiger partial charge on any atom is -0.497 e. The molecule has 0 aliphatic carbocycles. The maximum absolute atomic E-state index is 15.6. The molecule has 8 rings (SSSR count). The minimum atomic E-state index is -2.59. The van der Waals surface area contributed by atoms with Crippen LogP contribution in [-0.2, 0) is 32.9 Å². The fraction of sp³-hybridized carbons (Fsp3) is 0.380. The molecule has 4 heterocycles. The molecule has 3 aliphatic heterocycles. The van der Waals surface area contributed by atoms with E-state index in [1.807, 2.05) is 71.6 Å². The number of methoxy groups -OCH3 is 1. The van der Waals surface area contributed by atoms with Gasteiger partial charge in [0.2, 0.25) is 5.91 Å². The molecule has 2 amide bonds. The molecule has 1 spiro atoms. The number of benzene rings is 4. The van der Waals surface area contributed by atoms with E-state index >= 15 is 4.79 Å². The van der Waals surface area contributed by atoms with E-state index < -0.39 is 19.8 Å². The van der Waals surface area contributed by atoms with Crippen LogP contribution in [0.3, 0.4) is 0 Å². The van der Waals surface area contributed by atoms with Gasteiger partial charge in [-0.3, -0.25) is 19.5 Å². The number of aliphatic hydroxyl groups excluding tert-OH is 1. The predicted octanol–water partition coefficient (Wildman–Crippen LogP) is 7.92. The summed E-state index contributed by atoms with van der Waals surface area (Å²) in [5, 5.41) is 15.6. The van der Waals surface area contributed by atoms with Crippen molar-refractivity contribution in [3.05, 3.63) is 141 Å². The van der Waals surface area contributed by atoms with E-state index in [0.717, 1.165) is 35.4 Å². The third-order valence-corrected chi connectivity index (χ3v) is 18.0. The molecular weight excluding hydrogens is 781 g/mol. The first kappa shape index (κ1) is 42.2. The zero-order valence-electron chi connectivity index (χ0n) is 36.4. The first-order valence-corrected chi connectivity index (χ1v) is 24.6. The van der Waals surface area contributed by atoms with Crippen molar-refractivity contribution >= 4 is 41.7 Å². The summed E-state index contributed by atoms with van der Waals surface area (Å²) < 4.78 is 14.5. The smallest absolute Gasteiger partial charge is 0.279 e. The number of aliphatic hydroxyl groups is 1. The van der Waals surface area contributed by atoms with E-state index in [4.69, 9.17) is 9.47 Å². The molecule has 1 saturated heterocycles. The van der Waals surface area contributed by atoms with Crippen molar-refractivity contribution in [1.29, 1.82) is 0 Å². The molecule has 0 bridgehead atoms. The van der Waals surface area contributed by atoms with E-state index in [9.17, 15) is 14.7 Å². The number of fused-ring (bicyclic) bond motifs is 4. The van der Waals surface area contributed by atoms with Gasteiger partial charge < -0.3 is 24.4 Å². The fourth-order valence-corrected chi connectivity index (χ4v) is 14.3. The summed E-state index contributed by atoms with van der Waals surface area (Å²) in [6, 6.07) is 29.1. The summed E-state index contributed by atoms with van der Waals surface area (Å²) in [4.78, 5) is 47.8. The lowest BCUT2D eigenvalue weighted by Gasteiger charge is -2.39. The number of aromatic amines is 1. The predicted molar refractivity (Wildman–Crippen MR) is 244 cm³/mol. The van der Waals surface area contributed by atoms with Gasteiger partial charge in [0, 0.05) is 24.6 Å². The molecule has 318 valence electrons. The topological polar surface area (TPSA) is 117 Å². The SMILES string of the molecule is COc1ccc([Si](C)(C)[C@@H]2[C@@H](CC(=O)N3Cc4ccccc4C[C@H]3CO)O[C@]3(C(=O)N(C/C=C(\C)CCC=C(C)C)c4ccc(-n5[nH]c6ccccc6c5=O)cc43)[C@H]2C)cc1. The second-order valence-corrected chi connectivity index (χ2v) is 22.7. The molecule has 61 heavy (non-hydrogen) atoms. The number of para-hydroxylation sites is 1. The van der Waals surface area contributed by atoms with E-state index in [0.29, 0.717) is 41.7 Å². The monoisotopic (exact) mass is 838 g/mol. The second kappa shape index (κ2) is 16.8. The van der Waals surface area contributed by atoms with Crippen LogP contribution in [0.25, 0.3) is 16.6 Å². The van der Waals surface area contributed by atoms with Crippen LogP contribution >= 0.6 is 0 Å². The van der Waals surface area contributed by atoms with Gasteiger partial charge in [-0.05, 0) is 99.2 Å². The quantitative estimate of drug-likeness (QED) is 0.0975. The Balaban J connectivity index is 1.24. The average molecular weight is 839 g/mol. The number of carbonyl (C=O) groups excluding carboxylic acids is 2. The van der Waals surface area contributed by atoms with Crippen LogP contribution in [0.1, 0.15) is 63.6 Å². The number of amides is 2. The van der Waals surface area contributed by atoms with Crippen molar-refractivity contribution in [1.82, 2.24) is 14.7 Å². The highest BCUT2D eigenvalue weighted by Gasteiger charge is 2.66. The number of ether oxygens (including phenoxy) is 2. The van der Waals surface area contributed by atoms with Gasteiger partial charge in [0.15, 0.2) is 5.60 Å². The Kier molecular flexibility index (Phi) is 11.6. The van der Waals surface area contributed by atoms with Crippen molar-refractivity contribution < 1.29 is 24.2 Å². The summed E-state index contributed by atoms with van der Waals surface area (Å²) >= 11 is 0. The number of H-pyrrole nitrogens is 1. The third-order valence-electron chi connectivity index (χ3n) is 13.6. The summed E-state index contributed by atoms with van der Waals surface area (Å²) in [6.07, 6.45) is 6.15. The van der Waals surface area contributed by atoms with Crippen molar-refractivity contribution in [2.45, 2.75) is 96.3 Å². The number of allylic oxidation sites excluding steroid dienone is 3. The Bertz CT molecular complexity index is 2590. The van der Waals surface area contributed by atoms with Crippen molar-refractivity contribution in [2.24, 2.45) is 5.92 Å². The Hall–Kier alpha value is -5.49. The molecule has 1 aromatic heterocycles. The van der Waals surface area contributed by atoms with Crippen LogP contribution in [0.15, 0.2) is 119 Å². The number of rotatable bonds is 12. The summed E-state index contributed by atoms with van der Waals surface area (Å²) in [5.41, 5.74) is 5.60. The van der Waals surface area contributed by atoms with Crippen LogP contribution in [0.2, 0.25) is 18.6 Å². The summed E-state index contributed by atoms with van der Waals surface area (Å²) in [5.74, 6) is 0.123. The number of aromatic nitrogens is 2. The highest BCUT2D eigenvalue weighted by molar-refractivity contribution is 6.91. The summed E-state index contributed by atoms with van der Waals surface area (Å²) in [7, 11) is -0.939. The number of anilines is 1. The van der Waals surface area contributed by atoms with Crippen molar-refractivity contribution in [3.8, 4) is 11.4 Å². The number of carbonyl (C=O) groups is 2. The molecule has 11 heteroatoms. The molecule has 4 aromatic carbocycles. The lowest BCUT2D eigenvalue weighted by molar-refractivity contribution is -0.150. The largest absolute Gasteiger partial charge is 0.497 e. The number of hydrogen-bond donors (Lipinski definition) is 2.